The molecule has 0 bridgehead atoms. The zero-order valence-corrected chi connectivity index (χ0v) is 24.9. The molecule has 0 aromatic heterocycles. The quantitative estimate of drug-likeness (QED) is 0.142. The maximum Gasteiger partial charge on any atom is 0.334 e. The molecule has 0 amide bonds. The van der Waals surface area contributed by atoms with Gasteiger partial charge in [-0.1, -0.05) is 33.4 Å². The Balaban J connectivity index is 1.36. The Bertz CT molecular complexity index is 1090. The summed E-state index contributed by atoms with van der Waals surface area (Å²) in [7, 11) is 1.46. The Labute approximate surface area is 234 Å². The third-order valence-corrected chi connectivity index (χ3v) is 12.8. The van der Waals surface area contributed by atoms with E-state index in [1.807, 2.05) is 6.92 Å². The van der Waals surface area contributed by atoms with E-state index in [0.717, 1.165) is 37.7 Å². The molecule has 6 heteroatoms. The summed E-state index contributed by atoms with van der Waals surface area (Å²) in [6.45, 7) is 15.6. The van der Waals surface area contributed by atoms with Crippen LogP contribution in [0.4, 0.5) is 0 Å². The Kier molecular flexibility index (Phi) is 7.12. The fraction of sp³-hybridized carbons (Fsp3) is 0.788. The van der Waals surface area contributed by atoms with Gasteiger partial charge in [0.05, 0.1) is 7.11 Å². The number of rotatable bonds is 9. The van der Waals surface area contributed by atoms with Crippen LogP contribution in [0.3, 0.4) is 0 Å². The molecule has 5 aliphatic rings. The summed E-state index contributed by atoms with van der Waals surface area (Å²) in [4.78, 5) is 36.1. The van der Waals surface area contributed by atoms with Crippen molar-refractivity contribution in [1.82, 2.24) is 0 Å². The monoisotopic (exact) mass is 540 g/mol. The Morgan fingerprint density at radius 3 is 2.62 bits per heavy atom. The molecule has 5 rings (SSSR count). The molecule has 1 heterocycles. The SMILES string of the molecule is C=C1C(=O)O[C@@H]2C[C@@H]3[C@]4(CC[C@]5(C)C([C@H](C)CCC=C(C)COC(C)=O)CC[C@@]35C)C[C@]4(CCC(=O)OC)[C@H]12. The van der Waals surface area contributed by atoms with Crippen molar-refractivity contribution in [2.45, 2.75) is 105 Å². The molecule has 9 atom stereocenters. The number of hydrogen-bond acceptors (Lipinski definition) is 6. The van der Waals surface area contributed by atoms with Crippen LogP contribution in [0, 0.1) is 45.3 Å². The van der Waals surface area contributed by atoms with E-state index in [-0.39, 0.29) is 51.6 Å². The van der Waals surface area contributed by atoms with Gasteiger partial charge in [0.2, 0.25) is 0 Å². The number of esters is 3. The summed E-state index contributed by atoms with van der Waals surface area (Å²) in [5, 5.41) is 0. The smallest absolute Gasteiger partial charge is 0.334 e. The lowest BCUT2D eigenvalue weighted by Gasteiger charge is -2.61. The summed E-state index contributed by atoms with van der Waals surface area (Å²) < 4.78 is 16.2. The molecular formula is C33H48O6. The second-order valence-corrected chi connectivity index (χ2v) is 14.2. The van der Waals surface area contributed by atoms with E-state index in [1.165, 1.54) is 39.7 Å². The molecule has 1 unspecified atom stereocenters. The van der Waals surface area contributed by atoms with Gasteiger partial charge in [-0.15, -0.1) is 0 Å². The van der Waals surface area contributed by atoms with Gasteiger partial charge in [0.1, 0.15) is 12.7 Å². The number of carbonyl (C=O) groups excluding carboxylic acids is 3. The van der Waals surface area contributed by atoms with Crippen LogP contribution in [0.2, 0.25) is 0 Å². The molecule has 0 aromatic carbocycles. The fourth-order valence-corrected chi connectivity index (χ4v) is 10.7. The molecule has 0 aromatic rings. The zero-order valence-electron chi connectivity index (χ0n) is 24.9. The Morgan fingerprint density at radius 2 is 1.92 bits per heavy atom. The van der Waals surface area contributed by atoms with Crippen LogP contribution < -0.4 is 0 Å². The maximum absolute atomic E-state index is 12.7. The highest BCUT2D eigenvalue weighted by Crippen LogP contribution is 2.88. The first-order valence-corrected chi connectivity index (χ1v) is 15.1. The van der Waals surface area contributed by atoms with Gasteiger partial charge in [-0.05, 0) is 110 Å². The van der Waals surface area contributed by atoms with Crippen molar-refractivity contribution in [2.24, 2.45) is 45.3 Å². The zero-order chi connectivity index (χ0) is 28.4. The van der Waals surface area contributed by atoms with Crippen molar-refractivity contribution in [3.8, 4) is 0 Å². The number of fused-ring (bicyclic) bond motifs is 4. The Morgan fingerprint density at radius 1 is 1.18 bits per heavy atom. The molecule has 4 saturated carbocycles. The lowest BCUT2D eigenvalue weighted by molar-refractivity contribution is -0.158. The number of methoxy groups -OCH3 is 1. The second-order valence-electron chi connectivity index (χ2n) is 14.2. The van der Waals surface area contributed by atoms with Crippen LogP contribution in [-0.4, -0.2) is 37.7 Å². The highest BCUT2D eigenvalue weighted by Gasteiger charge is 2.83. The van der Waals surface area contributed by atoms with E-state index >= 15 is 0 Å². The first-order chi connectivity index (χ1) is 18.3. The van der Waals surface area contributed by atoms with Crippen LogP contribution in [-0.2, 0) is 28.6 Å². The minimum Gasteiger partial charge on any atom is -0.469 e. The van der Waals surface area contributed by atoms with Gasteiger partial charge in [-0.3, -0.25) is 9.59 Å². The summed E-state index contributed by atoms with van der Waals surface area (Å²) in [6, 6.07) is 0. The van der Waals surface area contributed by atoms with Gasteiger partial charge in [-0.25, -0.2) is 4.79 Å². The van der Waals surface area contributed by atoms with Crippen LogP contribution in [0.15, 0.2) is 23.8 Å². The molecular weight excluding hydrogens is 492 g/mol. The van der Waals surface area contributed by atoms with E-state index in [2.05, 4.69) is 33.4 Å². The minimum atomic E-state index is -0.236. The van der Waals surface area contributed by atoms with Gasteiger partial charge in [0.25, 0.3) is 0 Å². The highest BCUT2D eigenvalue weighted by atomic mass is 16.6. The van der Waals surface area contributed by atoms with Gasteiger partial charge in [0, 0.05) is 24.8 Å². The molecule has 0 N–H and O–H groups in total. The van der Waals surface area contributed by atoms with Gasteiger partial charge < -0.3 is 14.2 Å². The summed E-state index contributed by atoms with van der Waals surface area (Å²) in [5.74, 6) is 1.16. The van der Waals surface area contributed by atoms with Crippen molar-refractivity contribution in [3.63, 3.8) is 0 Å². The molecule has 5 fully saturated rings. The van der Waals surface area contributed by atoms with Gasteiger partial charge in [0.15, 0.2) is 0 Å². The normalized spacial score (nSPS) is 43.0. The summed E-state index contributed by atoms with van der Waals surface area (Å²) in [5.41, 5.74) is 2.26. The predicted molar refractivity (Wildman–Crippen MR) is 148 cm³/mol. The van der Waals surface area contributed by atoms with Crippen molar-refractivity contribution in [1.29, 1.82) is 0 Å². The molecule has 4 aliphatic carbocycles. The number of hydrogen-bond donors (Lipinski definition) is 0. The highest BCUT2D eigenvalue weighted by molar-refractivity contribution is 5.91. The van der Waals surface area contributed by atoms with E-state index < -0.39 is 0 Å². The number of allylic oxidation sites excluding steroid dienone is 1. The van der Waals surface area contributed by atoms with Crippen LogP contribution >= 0.6 is 0 Å². The molecule has 1 saturated heterocycles. The van der Waals surface area contributed by atoms with E-state index in [9.17, 15) is 14.4 Å². The van der Waals surface area contributed by atoms with Crippen LogP contribution in [0.1, 0.15) is 98.8 Å². The van der Waals surface area contributed by atoms with E-state index in [4.69, 9.17) is 14.2 Å². The predicted octanol–water partition coefficient (Wildman–Crippen LogP) is 6.58. The molecule has 0 radical (unpaired) electrons. The number of carbonyl (C=O) groups is 3. The third kappa shape index (κ3) is 4.13. The summed E-state index contributed by atoms with van der Waals surface area (Å²) >= 11 is 0. The average molecular weight is 541 g/mol. The van der Waals surface area contributed by atoms with Gasteiger partial charge >= 0.3 is 17.9 Å². The molecule has 39 heavy (non-hydrogen) atoms. The van der Waals surface area contributed by atoms with E-state index in [0.29, 0.717) is 36.4 Å². The van der Waals surface area contributed by atoms with E-state index in [1.54, 1.807) is 0 Å². The first kappa shape index (κ1) is 28.4. The van der Waals surface area contributed by atoms with Crippen molar-refractivity contribution < 1.29 is 28.6 Å². The largest absolute Gasteiger partial charge is 0.469 e. The Hall–Kier alpha value is -2.11. The topological polar surface area (TPSA) is 78.9 Å². The van der Waals surface area contributed by atoms with Crippen molar-refractivity contribution >= 4 is 17.9 Å². The fourth-order valence-electron chi connectivity index (χ4n) is 10.7. The van der Waals surface area contributed by atoms with Crippen LogP contribution in [0.5, 0.6) is 0 Å². The lowest BCUT2D eigenvalue weighted by Crippen LogP contribution is -2.56. The first-order valence-electron chi connectivity index (χ1n) is 15.1. The molecule has 6 nitrogen and oxygen atoms in total. The average Bonchev–Trinajstić information content (AvgIpc) is 3.34. The third-order valence-electron chi connectivity index (χ3n) is 12.8. The van der Waals surface area contributed by atoms with Gasteiger partial charge in [-0.2, -0.15) is 0 Å². The van der Waals surface area contributed by atoms with Crippen LogP contribution in [0.25, 0.3) is 0 Å². The second kappa shape index (κ2) is 9.76. The standard InChI is InChI=1S/C33H48O6/c1-20(18-38-23(4)34)9-8-10-21(2)24-11-13-31(6)26-17-25-28(22(3)29(36)39-25)33(14-12-27(35)37-7)19-32(26,33)16-15-30(24,31)5/h9,21,24-26,28H,3,8,10-19H2,1-2,4-7H3/t21-,24?,25-,26+,28-,30-,31+,32+,33-/m1/s1. The lowest BCUT2D eigenvalue weighted by atomic mass is 9.43. The summed E-state index contributed by atoms with van der Waals surface area (Å²) in [6.07, 6.45) is 12.3. The molecule has 216 valence electrons. The number of ether oxygens (including phenoxy) is 3. The van der Waals surface area contributed by atoms with Crippen molar-refractivity contribution in [2.75, 3.05) is 13.7 Å². The molecule has 1 spiro atoms. The maximum atomic E-state index is 12.7. The minimum absolute atomic E-state index is 0.0389. The van der Waals surface area contributed by atoms with Crippen molar-refractivity contribution in [3.05, 3.63) is 23.8 Å². The molecule has 1 aliphatic heterocycles.